The smallest absolute Gasteiger partial charge is 0.416 e. The number of methoxy groups -OCH3 is 2. The first-order valence-corrected chi connectivity index (χ1v) is 11.7. The number of rotatable bonds is 10. The molecule has 3 aromatic rings. The highest BCUT2D eigenvalue weighted by molar-refractivity contribution is 5.83. The molecule has 3 rings (SSSR count). The van der Waals surface area contributed by atoms with E-state index in [2.05, 4.69) is 10.6 Å². The lowest BCUT2D eigenvalue weighted by molar-refractivity contribution is -0.137. The van der Waals surface area contributed by atoms with Gasteiger partial charge in [-0.15, -0.1) is 0 Å². The molecule has 3 atom stereocenters. The number of carbonyl (C=O) groups excluding carboxylic acids is 1. The van der Waals surface area contributed by atoms with Crippen LogP contribution in [0.3, 0.4) is 0 Å². The predicted octanol–water partition coefficient (Wildman–Crippen LogP) is 5.86. The molecular weight excluding hydrogens is 488 g/mol. The summed E-state index contributed by atoms with van der Waals surface area (Å²) in [6, 6.07) is 14.8. The highest BCUT2D eigenvalue weighted by Gasteiger charge is 2.31. The summed E-state index contributed by atoms with van der Waals surface area (Å²) in [5, 5.41) is 6.03. The number of amides is 1. The number of halogens is 4. The Hall–Kier alpha value is -3.59. The highest BCUT2D eigenvalue weighted by atomic mass is 19.4. The summed E-state index contributed by atoms with van der Waals surface area (Å²) in [5.41, 5.74) is 1.35. The Bertz CT molecular complexity index is 1180. The second-order valence-corrected chi connectivity index (χ2v) is 8.73. The zero-order valence-corrected chi connectivity index (χ0v) is 21.0. The summed E-state index contributed by atoms with van der Waals surface area (Å²) in [7, 11) is 4.55. The van der Waals surface area contributed by atoms with Crippen molar-refractivity contribution in [1.29, 1.82) is 0 Å². The van der Waals surface area contributed by atoms with Gasteiger partial charge in [0.1, 0.15) is 11.9 Å². The van der Waals surface area contributed by atoms with Crippen molar-refractivity contribution < 1.29 is 31.8 Å². The van der Waals surface area contributed by atoms with Gasteiger partial charge in [0, 0.05) is 13.1 Å². The molecule has 0 aliphatic rings. The van der Waals surface area contributed by atoms with E-state index in [4.69, 9.17) is 9.47 Å². The van der Waals surface area contributed by atoms with Crippen molar-refractivity contribution in [3.05, 3.63) is 94.8 Å². The van der Waals surface area contributed by atoms with Gasteiger partial charge in [0.05, 0.1) is 19.8 Å². The molecule has 9 heteroatoms. The van der Waals surface area contributed by atoms with Gasteiger partial charge in [0.15, 0.2) is 11.5 Å². The van der Waals surface area contributed by atoms with Crippen LogP contribution in [0.1, 0.15) is 41.3 Å². The number of ether oxygens (including phenoxy) is 2. The fourth-order valence-corrected chi connectivity index (χ4v) is 4.26. The van der Waals surface area contributed by atoms with Crippen molar-refractivity contribution in [3.63, 3.8) is 0 Å². The molecule has 0 heterocycles. The first-order chi connectivity index (χ1) is 17.6. The minimum atomic E-state index is -4.41. The maximum Gasteiger partial charge on any atom is 0.416 e. The summed E-state index contributed by atoms with van der Waals surface area (Å²) < 4.78 is 63.4. The molecule has 0 saturated heterocycles. The molecule has 1 amide bonds. The second kappa shape index (κ2) is 12.1. The van der Waals surface area contributed by atoms with Gasteiger partial charge in [0.25, 0.3) is 0 Å². The molecule has 2 N–H and O–H groups in total. The van der Waals surface area contributed by atoms with Gasteiger partial charge in [0.2, 0.25) is 5.91 Å². The largest absolute Gasteiger partial charge is 0.493 e. The van der Waals surface area contributed by atoms with E-state index in [9.17, 15) is 22.4 Å². The molecule has 0 saturated carbocycles. The lowest BCUT2D eigenvalue weighted by atomic mass is 9.87. The monoisotopic (exact) mass is 518 g/mol. The molecular formula is C28H30F4N2O3. The third kappa shape index (κ3) is 7.01. The summed E-state index contributed by atoms with van der Waals surface area (Å²) >= 11 is 0. The Morgan fingerprint density at radius 2 is 1.49 bits per heavy atom. The molecule has 0 unspecified atom stereocenters. The first kappa shape index (κ1) is 28.0. The molecule has 0 spiro atoms. The Morgan fingerprint density at radius 3 is 2.03 bits per heavy atom. The normalized spacial score (nSPS) is 13.9. The number of likely N-dealkylation sites (N-methyl/N-ethyl adjacent to an activating group) is 1. The number of carbonyl (C=O) groups is 1. The van der Waals surface area contributed by atoms with Gasteiger partial charge in [-0.1, -0.05) is 37.3 Å². The summed E-state index contributed by atoms with van der Waals surface area (Å²) in [4.78, 5) is 12.9. The van der Waals surface area contributed by atoms with Crippen molar-refractivity contribution in [1.82, 2.24) is 10.6 Å². The fraction of sp³-hybridized carbons (Fsp3) is 0.321. The van der Waals surface area contributed by atoms with Gasteiger partial charge in [-0.25, -0.2) is 4.39 Å². The van der Waals surface area contributed by atoms with E-state index < -0.39 is 29.6 Å². The number of hydrogen-bond donors (Lipinski definition) is 2. The topological polar surface area (TPSA) is 59.6 Å². The molecule has 198 valence electrons. The van der Waals surface area contributed by atoms with E-state index in [1.54, 1.807) is 12.1 Å². The third-order valence-electron chi connectivity index (χ3n) is 6.23. The standard InChI is InChI=1S/C28H30F4N2O3/c1-17(15-18-5-10-21(11-6-18)28(30,31)32)25(20-9-14-23(36-3)24(16-20)37-4)34-26(27(35)33-2)19-7-12-22(29)13-8-19/h5-14,16-17,25-26,34H,15H2,1-4H3,(H,33,35)/t17-,25+,26+/m0/s1. The van der Waals surface area contributed by atoms with E-state index in [0.29, 0.717) is 29.0 Å². The van der Waals surface area contributed by atoms with E-state index in [-0.39, 0.29) is 11.8 Å². The quantitative estimate of drug-likeness (QED) is 0.330. The Kier molecular flexibility index (Phi) is 9.15. The van der Waals surface area contributed by atoms with Crippen LogP contribution in [0.25, 0.3) is 0 Å². The van der Waals surface area contributed by atoms with Crippen molar-refractivity contribution in [2.75, 3.05) is 21.3 Å². The number of hydrogen-bond acceptors (Lipinski definition) is 4. The van der Waals surface area contributed by atoms with Gasteiger partial charge < -0.3 is 14.8 Å². The van der Waals surface area contributed by atoms with E-state index in [0.717, 1.165) is 17.7 Å². The summed E-state index contributed by atoms with van der Waals surface area (Å²) in [6.45, 7) is 1.94. The maximum atomic E-state index is 13.6. The van der Waals surface area contributed by atoms with E-state index in [1.807, 2.05) is 13.0 Å². The maximum absolute atomic E-state index is 13.6. The van der Waals surface area contributed by atoms with Crippen LogP contribution >= 0.6 is 0 Å². The Labute approximate surface area is 213 Å². The summed E-state index contributed by atoms with van der Waals surface area (Å²) in [5.74, 6) is 0.0985. The van der Waals surface area contributed by atoms with Gasteiger partial charge in [-0.3, -0.25) is 10.1 Å². The minimum absolute atomic E-state index is 0.178. The molecule has 3 aromatic carbocycles. The van der Waals surface area contributed by atoms with Crippen molar-refractivity contribution in [3.8, 4) is 11.5 Å². The zero-order valence-electron chi connectivity index (χ0n) is 21.0. The Morgan fingerprint density at radius 1 is 0.892 bits per heavy atom. The van der Waals surface area contributed by atoms with Crippen LogP contribution in [-0.4, -0.2) is 27.2 Å². The molecule has 5 nitrogen and oxygen atoms in total. The molecule has 37 heavy (non-hydrogen) atoms. The second-order valence-electron chi connectivity index (χ2n) is 8.73. The lowest BCUT2D eigenvalue weighted by Gasteiger charge is -2.31. The van der Waals surface area contributed by atoms with Crippen LogP contribution in [0, 0.1) is 11.7 Å². The van der Waals surface area contributed by atoms with Crippen LogP contribution in [0.15, 0.2) is 66.7 Å². The van der Waals surface area contributed by atoms with Crippen LogP contribution in [0.5, 0.6) is 11.5 Å². The van der Waals surface area contributed by atoms with Gasteiger partial charge in [-0.2, -0.15) is 13.2 Å². The molecule has 0 aromatic heterocycles. The Balaban J connectivity index is 1.99. The van der Waals surface area contributed by atoms with Crippen molar-refractivity contribution >= 4 is 5.91 Å². The molecule has 0 bridgehead atoms. The first-order valence-electron chi connectivity index (χ1n) is 11.7. The van der Waals surface area contributed by atoms with Gasteiger partial charge >= 0.3 is 6.18 Å². The average molecular weight is 519 g/mol. The SMILES string of the molecule is CNC(=O)[C@H](N[C@@H](c1ccc(OC)c(OC)c1)[C@@H](C)Cc1ccc(C(F)(F)F)cc1)c1ccc(F)cc1. The van der Waals surface area contributed by atoms with Crippen LogP contribution < -0.4 is 20.1 Å². The summed E-state index contributed by atoms with van der Waals surface area (Å²) in [6.07, 6.45) is -3.99. The predicted molar refractivity (Wildman–Crippen MR) is 133 cm³/mol. The van der Waals surface area contributed by atoms with Crippen LogP contribution in [0.2, 0.25) is 0 Å². The number of benzene rings is 3. The molecule has 0 fully saturated rings. The highest BCUT2D eigenvalue weighted by Crippen LogP contribution is 2.35. The zero-order chi connectivity index (χ0) is 27.2. The third-order valence-corrected chi connectivity index (χ3v) is 6.23. The molecule has 0 aliphatic carbocycles. The van der Waals surface area contributed by atoms with Gasteiger partial charge in [-0.05, 0) is 65.4 Å². The number of nitrogens with one attached hydrogen (secondary N) is 2. The average Bonchev–Trinajstić information content (AvgIpc) is 2.89. The van der Waals surface area contributed by atoms with E-state index in [1.165, 1.54) is 57.7 Å². The van der Waals surface area contributed by atoms with E-state index >= 15 is 0 Å². The molecule has 0 aliphatic heterocycles. The minimum Gasteiger partial charge on any atom is -0.493 e. The van der Waals surface area contributed by atoms with Crippen LogP contribution in [-0.2, 0) is 17.4 Å². The number of alkyl halides is 3. The fourth-order valence-electron chi connectivity index (χ4n) is 4.26. The van der Waals surface area contributed by atoms with Crippen molar-refractivity contribution in [2.45, 2.75) is 31.6 Å². The van der Waals surface area contributed by atoms with Crippen LogP contribution in [0.4, 0.5) is 17.6 Å². The van der Waals surface area contributed by atoms with Crippen molar-refractivity contribution in [2.24, 2.45) is 5.92 Å². The molecule has 0 radical (unpaired) electrons. The lowest BCUT2D eigenvalue weighted by Crippen LogP contribution is -2.40.